The molecule has 0 aliphatic heterocycles. The monoisotopic (exact) mass is 239 g/mol. The molecule has 3 heteroatoms. The summed E-state index contributed by atoms with van der Waals surface area (Å²) in [5.74, 6) is 0.515. The maximum Gasteiger partial charge on any atom is 0.165 e. The highest BCUT2D eigenvalue weighted by molar-refractivity contribution is 5.32. The zero-order valence-corrected chi connectivity index (χ0v) is 11.1. The normalized spacial score (nSPS) is 14.4. The van der Waals surface area contributed by atoms with E-state index in [4.69, 9.17) is 4.74 Å². The van der Waals surface area contributed by atoms with Crippen molar-refractivity contribution in [3.63, 3.8) is 0 Å². The van der Waals surface area contributed by atoms with Gasteiger partial charge in [-0.25, -0.2) is 4.39 Å². The van der Waals surface area contributed by atoms with Gasteiger partial charge in [0.05, 0.1) is 7.11 Å². The second-order valence-electron chi connectivity index (χ2n) is 4.43. The first kappa shape index (κ1) is 14.0. The topological polar surface area (TPSA) is 21.3 Å². The van der Waals surface area contributed by atoms with Gasteiger partial charge in [-0.1, -0.05) is 26.3 Å². The molecule has 0 bridgehead atoms. The lowest BCUT2D eigenvalue weighted by Gasteiger charge is -2.24. The van der Waals surface area contributed by atoms with Crippen molar-refractivity contribution >= 4 is 0 Å². The fourth-order valence-corrected chi connectivity index (χ4v) is 2.27. The Morgan fingerprint density at radius 1 is 1.41 bits per heavy atom. The van der Waals surface area contributed by atoms with Crippen molar-refractivity contribution in [1.29, 1.82) is 0 Å². The van der Waals surface area contributed by atoms with Gasteiger partial charge in [0.2, 0.25) is 0 Å². The van der Waals surface area contributed by atoms with Crippen LogP contribution in [-0.4, -0.2) is 14.2 Å². The molecular weight excluding hydrogens is 217 g/mol. The van der Waals surface area contributed by atoms with E-state index in [2.05, 4.69) is 19.2 Å². The van der Waals surface area contributed by atoms with E-state index in [9.17, 15) is 4.39 Å². The molecule has 1 aromatic rings. The fraction of sp³-hybridized carbons (Fsp3) is 0.571. The molecule has 0 aliphatic carbocycles. The second kappa shape index (κ2) is 6.60. The number of benzene rings is 1. The first-order valence-electron chi connectivity index (χ1n) is 6.14. The largest absolute Gasteiger partial charge is 0.494 e. The van der Waals surface area contributed by atoms with Crippen molar-refractivity contribution in [3.05, 3.63) is 29.6 Å². The Morgan fingerprint density at radius 2 is 2.12 bits per heavy atom. The summed E-state index contributed by atoms with van der Waals surface area (Å²) in [7, 11) is 3.43. The van der Waals surface area contributed by atoms with Crippen LogP contribution in [0.1, 0.15) is 38.3 Å². The lowest BCUT2D eigenvalue weighted by atomic mass is 9.91. The minimum Gasteiger partial charge on any atom is -0.494 e. The maximum atomic E-state index is 13.3. The number of rotatable bonds is 6. The minimum absolute atomic E-state index is 0.240. The summed E-state index contributed by atoms with van der Waals surface area (Å²) in [4.78, 5) is 0. The first-order valence-corrected chi connectivity index (χ1v) is 6.14. The molecule has 2 unspecified atom stereocenters. The van der Waals surface area contributed by atoms with Crippen LogP contribution >= 0.6 is 0 Å². The molecule has 1 rings (SSSR count). The van der Waals surface area contributed by atoms with Crippen LogP contribution in [0.15, 0.2) is 18.2 Å². The molecule has 0 heterocycles. The number of nitrogens with one attached hydrogen (secondary N) is 1. The molecule has 0 aromatic heterocycles. The molecule has 0 saturated carbocycles. The SMILES string of the molecule is CCCC(C)C(NC)c1ccc(F)c(OC)c1. The average Bonchev–Trinajstić information content (AvgIpc) is 2.32. The maximum absolute atomic E-state index is 13.3. The van der Waals surface area contributed by atoms with Gasteiger partial charge in [-0.3, -0.25) is 0 Å². The Labute approximate surface area is 103 Å². The van der Waals surface area contributed by atoms with Gasteiger partial charge in [0, 0.05) is 6.04 Å². The van der Waals surface area contributed by atoms with Crippen molar-refractivity contribution in [1.82, 2.24) is 5.32 Å². The van der Waals surface area contributed by atoms with Crippen LogP contribution in [0, 0.1) is 11.7 Å². The molecule has 0 amide bonds. The van der Waals surface area contributed by atoms with Crippen molar-refractivity contribution in [2.75, 3.05) is 14.2 Å². The van der Waals surface area contributed by atoms with Gasteiger partial charge in [-0.05, 0) is 37.1 Å². The minimum atomic E-state index is -0.311. The Kier molecular flexibility index (Phi) is 5.42. The van der Waals surface area contributed by atoms with Gasteiger partial charge in [-0.15, -0.1) is 0 Å². The molecule has 0 radical (unpaired) electrons. The van der Waals surface area contributed by atoms with E-state index in [-0.39, 0.29) is 11.9 Å². The van der Waals surface area contributed by atoms with Crippen LogP contribution in [0.5, 0.6) is 5.75 Å². The molecule has 17 heavy (non-hydrogen) atoms. The average molecular weight is 239 g/mol. The Hall–Kier alpha value is -1.09. The van der Waals surface area contributed by atoms with E-state index < -0.39 is 0 Å². The Bertz CT molecular complexity index is 354. The van der Waals surface area contributed by atoms with Crippen LogP contribution in [0.2, 0.25) is 0 Å². The highest BCUT2D eigenvalue weighted by Crippen LogP contribution is 2.28. The van der Waals surface area contributed by atoms with E-state index in [1.807, 2.05) is 13.1 Å². The summed E-state index contributed by atoms with van der Waals surface area (Å²) in [6.07, 6.45) is 2.29. The number of hydrogen-bond donors (Lipinski definition) is 1. The summed E-state index contributed by atoms with van der Waals surface area (Å²) in [5, 5.41) is 3.30. The van der Waals surface area contributed by atoms with Crippen LogP contribution in [-0.2, 0) is 0 Å². The van der Waals surface area contributed by atoms with Crippen molar-refractivity contribution in [3.8, 4) is 5.75 Å². The third-order valence-electron chi connectivity index (χ3n) is 3.16. The number of hydrogen-bond acceptors (Lipinski definition) is 2. The van der Waals surface area contributed by atoms with E-state index in [0.29, 0.717) is 11.7 Å². The summed E-state index contributed by atoms with van der Waals surface area (Å²) in [5.41, 5.74) is 1.08. The second-order valence-corrected chi connectivity index (χ2v) is 4.43. The van der Waals surface area contributed by atoms with Crippen molar-refractivity contribution in [2.24, 2.45) is 5.92 Å². The van der Waals surface area contributed by atoms with Crippen molar-refractivity contribution in [2.45, 2.75) is 32.7 Å². The number of ether oxygens (including phenoxy) is 1. The van der Waals surface area contributed by atoms with Gasteiger partial charge in [0.25, 0.3) is 0 Å². The molecule has 0 fully saturated rings. The molecule has 2 nitrogen and oxygen atoms in total. The summed E-state index contributed by atoms with van der Waals surface area (Å²) in [6, 6.07) is 5.31. The highest BCUT2D eigenvalue weighted by atomic mass is 19.1. The van der Waals surface area contributed by atoms with E-state index in [1.165, 1.54) is 13.2 Å². The molecule has 2 atom stereocenters. The zero-order valence-electron chi connectivity index (χ0n) is 11.1. The highest BCUT2D eigenvalue weighted by Gasteiger charge is 2.18. The predicted octanol–water partition coefficient (Wildman–Crippen LogP) is 3.53. The summed E-state index contributed by atoms with van der Waals surface area (Å²) in [6.45, 7) is 4.38. The van der Waals surface area contributed by atoms with Crippen LogP contribution < -0.4 is 10.1 Å². The van der Waals surface area contributed by atoms with E-state index in [0.717, 1.165) is 18.4 Å². The van der Waals surface area contributed by atoms with Crippen LogP contribution in [0.25, 0.3) is 0 Å². The van der Waals surface area contributed by atoms with Crippen LogP contribution in [0.4, 0.5) is 4.39 Å². The molecule has 0 saturated heterocycles. The van der Waals surface area contributed by atoms with Gasteiger partial charge in [0.1, 0.15) is 0 Å². The lowest BCUT2D eigenvalue weighted by molar-refractivity contribution is 0.370. The lowest BCUT2D eigenvalue weighted by Crippen LogP contribution is -2.23. The van der Waals surface area contributed by atoms with E-state index >= 15 is 0 Å². The fourth-order valence-electron chi connectivity index (χ4n) is 2.27. The number of methoxy groups -OCH3 is 1. The molecule has 1 N–H and O–H groups in total. The predicted molar refractivity (Wildman–Crippen MR) is 68.8 cm³/mol. The molecular formula is C14H22FNO. The standard InChI is InChI=1S/C14H22FNO/c1-5-6-10(2)14(16-3)11-7-8-12(15)13(9-11)17-4/h7-10,14,16H,5-6H2,1-4H3. The number of halogens is 1. The van der Waals surface area contributed by atoms with E-state index in [1.54, 1.807) is 6.07 Å². The Morgan fingerprint density at radius 3 is 2.65 bits per heavy atom. The summed E-state index contributed by atoms with van der Waals surface area (Å²) < 4.78 is 18.4. The third-order valence-corrected chi connectivity index (χ3v) is 3.16. The molecule has 0 spiro atoms. The Balaban J connectivity index is 2.95. The zero-order chi connectivity index (χ0) is 12.8. The molecule has 1 aromatic carbocycles. The first-order chi connectivity index (χ1) is 8.13. The van der Waals surface area contributed by atoms with Gasteiger partial charge >= 0.3 is 0 Å². The van der Waals surface area contributed by atoms with Gasteiger partial charge < -0.3 is 10.1 Å². The van der Waals surface area contributed by atoms with Crippen LogP contribution in [0.3, 0.4) is 0 Å². The molecule has 0 aliphatic rings. The van der Waals surface area contributed by atoms with Crippen molar-refractivity contribution < 1.29 is 9.13 Å². The summed E-state index contributed by atoms with van der Waals surface area (Å²) >= 11 is 0. The third kappa shape index (κ3) is 3.43. The molecule has 96 valence electrons. The van der Waals surface area contributed by atoms with Gasteiger partial charge in [-0.2, -0.15) is 0 Å². The smallest absolute Gasteiger partial charge is 0.165 e. The van der Waals surface area contributed by atoms with Gasteiger partial charge in [0.15, 0.2) is 11.6 Å². The quantitative estimate of drug-likeness (QED) is 0.820.